The SMILES string of the molecule is C=C(CN1CC(C(N)=O)CCC1C)C(=O)OCC. The fourth-order valence-corrected chi connectivity index (χ4v) is 2.17. The van der Waals surface area contributed by atoms with Crippen LogP contribution in [0.2, 0.25) is 0 Å². The molecule has 5 heteroatoms. The van der Waals surface area contributed by atoms with Gasteiger partial charge in [-0.25, -0.2) is 4.79 Å². The van der Waals surface area contributed by atoms with Crippen LogP contribution in [-0.2, 0) is 14.3 Å². The number of primary amides is 1. The first-order valence-corrected chi connectivity index (χ1v) is 6.34. The van der Waals surface area contributed by atoms with Crippen LogP contribution in [0.15, 0.2) is 12.2 Å². The molecule has 1 amide bonds. The Morgan fingerprint density at radius 3 is 2.67 bits per heavy atom. The number of amides is 1. The van der Waals surface area contributed by atoms with Gasteiger partial charge in [0, 0.05) is 24.7 Å². The van der Waals surface area contributed by atoms with Gasteiger partial charge in [-0.05, 0) is 26.7 Å². The zero-order chi connectivity index (χ0) is 13.7. The third-order valence-corrected chi connectivity index (χ3v) is 3.37. The van der Waals surface area contributed by atoms with Crippen molar-refractivity contribution in [3.8, 4) is 0 Å². The van der Waals surface area contributed by atoms with E-state index in [1.165, 1.54) is 0 Å². The summed E-state index contributed by atoms with van der Waals surface area (Å²) in [6.45, 7) is 8.95. The van der Waals surface area contributed by atoms with E-state index in [4.69, 9.17) is 10.5 Å². The molecular weight excluding hydrogens is 232 g/mol. The molecule has 18 heavy (non-hydrogen) atoms. The number of esters is 1. The van der Waals surface area contributed by atoms with Gasteiger partial charge in [-0.2, -0.15) is 0 Å². The second-order valence-electron chi connectivity index (χ2n) is 4.78. The zero-order valence-electron chi connectivity index (χ0n) is 11.1. The Morgan fingerprint density at radius 1 is 1.44 bits per heavy atom. The van der Waals surface area contributed by atoms with E-state index < -0.39 is 0 Å². The maximum atomic E-state index is 11.5. The highest BCUT2D eigenvalue weighted by molar-refractivity contribution is 5.88. The van der Waals surface area contributed by atoms with Gasteiger partial charge in [-0.15, -0.1) is 0 Å². The second kappa shape index (κ2) is 6.54. The number of piperidine rings is 1. The Kier molecular flexibility index (Phi) is 5.34. The summed E-state index contributed by atoms with van der Waals surface area (Å²) < 4.78 is 4.90. The smallest absolute Gasteiger partial charge is 0.334 e. The number of carbonyl (C=O) groups is 2. The van der Waals surface area contributed by atoms with Crippen molar-refractivity contribution in [3.63, 3.8) is 0 Å². The van der Waals surface area contributed by atoms with Crippen molar-refractivity contribution < 1.29 is 14.3 Å². The van der Waals surface area contributed by atoms with Gasteiger partial charge in [0.1, 0.15) is 0 Å². The van der Waals surface area contributed by atoms with Crippen LogP contribution in [0.4, 0.5) is 0 Å². The van der Waals surface area contributed by atoms with Gasteiger partial charge in [0.2, 0.25) is 5.91 Å². The Morgan fingerprint density at radius 2 is 2.11 bits per heavy atom. The summed E-state index contributed by atoms with van der Waals surface area (Å²) in [5, 5.41) is 0. The van der Waals surface area contributed by atoms with Crippen molar-refractivity contribution in [2.75, 3.05) is 19.7 Å². The van der Waals surface area contributed by atoms with Gasteiger partial charge in [0.15, 0.2) is 0 Å². The third kappa shape index (κ3) is 3.84. The van der Waals surface area contributed by atoms with Crippen molar-refractivity contribution >= 4 is 11.9 Å². The highest BCUT2D eigenvalue weighted by Crippen LogP contribution is 2.22. The molecule has 0 spiro atoms. The monoisotopic (exact) mass is 254 g/mol. The van der Waals surface area contributed by atoms with Crippen LogP contribution < -0.4 is 5.73 Å². The van der Waals surface area contributed by atoms with Crippen molar-refractivity contribution in [1.29, 1.82) is 0 Å². The first kappa shape index (κ1) is 14.7. The molecule has 2 atom stereocenters. The molecule has 0 radical (unpaired) electrons. The number of nitrogens with zero attached hydrogens (tertiary/aromatic N) is 1. The van der Waals surface area contributed by atoms with E-state index in [1.54, 1.807) is 6.92 Å². The lowest BCUT2D eigenvalue weighted by Gasteiger charge is -2.36. The largest absolute Gasteiger partial charge is 0.463 e. The van der Waals surface area contributed by atoms with E-state index in [2.05, 4.69) is 18.4 Å². The number of likely N-dealkylation sites (tertiary alicyclic amines) is 1. The average molecular weight is 254 g/mol. The highest BCUT2D eigenvalue weighted by atomic mass is 16.5. The summed E-state index contributed by atoms with van der Waals surface area (Å²) in [6.07, 6.45) is 1.72. The van der Waals surface area contributed by atoms with Gasteiger partial charge in [0.05, 0.1) is 12.5 Å². The Bertz CT molecular complexity index is 341. The standard InChI is InChI=1S/C13H22N2O3/c1-4-18-13(17)9(2)7-15-8-11(12(14)16)6-5-10(15)3/h10-11H,2,4-8H2,1,3H3,(H2,14,16). The minimum atomic E-state index is -0.370. The molecule has 2 unspecified atom stereocenters. The predicted molar refractivity (Wildman–Crippen MR) is 68.7 cm³/mol. The van der Waals surface area contributed by atoms with E-state index in [0.29, 0.717) is 31.3 Å². The quantitative estimate of drug-likeness (QED) is 0.579. The molecule has 1 fully saturated rings. The van der Waals surface area contributed by atoms with Crippen molar-refractivity contribution in [2.24, 2.45) is 11.7 Å². The lowest BCUT2D eigenvalue weighted by Crippen LogP contribution is -2.46. The summed E-state index contributed by atoms with van der Waals surface area (Å²) >= 11 is 0. The first-order chi connectivity index (χ1) is 8.45. The maximum absolute atomic E-state index is 11.5. The highest BCUT2D eigenvalue weighted by Gasteiger charge is 2.29. The summed E-state index contributed by atoms with van der Waals surface area (Å²) in [6, 6.07) is 0.326. The van der Waals surface area contributed by atoms with Gasteiger partial charge >= 0.3 is 5.97 Å². The second-order valence-corrected chi connectivity index (χ2v) is 4.78. The molecule has 102 valence electrons. The molecule has 0 saturated carbocycles. The third-order valence-electron chi connectivity index (χ3n) is 3.37. The normalized spacial score (nSPS) is 24.6. The summed E-state index contributed by atoms with van der Waals surface area (Å²) in [4.78, 5) is 24.8. The summed E-state index contributed by atoms with van der Waals surface area (Å²) in [5.74, 6) is -0.768. The number of carbonyl (C=O) groups excluding carboxylic acids is 2. The number of hydrogen-bond donors (Lipinski definition) is 1. The van der Waals surface area contributed by atoms with E-state index in [9.17, 15) is 9.59 Å². The average Bonchev–Trinajstić information content (AvgIpc) is 2.31. The van der Waals surface area contributed by atoms with E-state index in [0.717, 1.165) is 12.8 Å². The van der Waals surface area contributed by atoms with Gasteiger partial charge in [-0.3, -0.25) is 9.69 Å². The minimum Gasteiger partial charge on any atom is -0.463 e. The molecule has 0 aromatic heterocycles. The van der Waals surface area contributed by atoms with Gasteiger partial charge in [-0.1, -0.05) is 6.58 Å². The van der Waals surface area contributed by atoms with Crippen LogP contribution in [0.3, 0.4) is 0 Å². The number of ether oxygens (including phenoxy) is 1. The molecule has 0 bridgehead atoms. The van der Waals surface area contributed by atoms with Gasteiger partial charge < -0.3 is 10.5 Å². The zero-order valence-corrected chi connectivity index (χ0v) is 11.1. The van der Waals surface area contributed by atoms with Crippen LogP contribution in [-0.4, -0.2) is 42.5 Å². The molecule has 0 aromatic carbocycles. The number of nitrogens with two attached hydrogens (primary N) is 1. The Hall–Kier alpha value is -1.36. The van der Waals surface area contributed by atoms with Crippen molar-refractivity contribution in [2.45, 2.75) is 32.7 Å². The molecule has 5 nitrogen and oxygen atoms in total. The van der Waals surface area contributed by atoms with E-state index >= 15 is 0 Å². The Balaban J connectivity index is 2.55. The molecule has 1 rings (SSSR count). The van der Waals surface area contributed by atoms with Crippen molar-refractivity contribution in [1.82, 2.24) is 4.90 Å². The first-order valence-electron chi connectivity index (χ1n) is 6.34. The molecular formula is C13H22N2O3. The van der Waals surface area contributed by atoms with Crippen LogP contribution in [0, 0.1) is 5.92 Å². The number of rotatable bonds is 5. The predicted octanol–water partition coefficient (Wildman–Crippen LogP) is 0.691. The van der Waals surface area contributed by atoms with Crippen molar-refractivity contribution in [3.05, 3.63) is 12.2 Å². The maximum Gasteiger partial charge on any atom is 0.334 e. The molecule has 2 N–H and O–H groups in total. The Labute approximate surface area is 108 Å². The molecule has 1 aliphatic rings. The van der Waals surface area contributed by atoms with Crippen LogP contribution in [0.5, 0.6) is 0 Å². The summed E-state index contributed by atoms with van der Waals surface area (Å²) in [7, 11) is 0. The molecule has 0 aliphatic carbocycles. The van der Waals surface area contributed by atoms with Gasteiger partial charge in [0.25, 0.3) is 0 Å². The topological polar surface area (TPSA) is 72.6 Å². The lowest BCUT2D eigenvalue weighted by molar-refractivity contribution is -0.138. The van der Waals surface area contributed by atoms with Crippen LogP contribution in [0.25, 0.3) is 0 Å². The molecule has 1 aliphatic heterocycles. The molecule has 1 saturated heterocycles. The summed E-state index contributed by atoms with van der Waals surface area (Å²) in [5.41, 5.74) is 5.76. The van der Waals surface area contributed by atoms with Crippen LogP contribution >= 0.6 is 0 Å². The van der Waals surface area contributed by atoms with E-state index in [1.807, 2.05) is 0 Å². The molecule has 1 heterocycles. The lowest BCUT2D eigenvalue weighted by atomic mass is 9.92. The molecule has 0 aromatic rings. The fourth-order valence-electron chi connectivity index (χ4n) is 2.17. The van der Waals surface area contributed by atoms with Crippen LogP contribution in [0.1, 0.15) is 26.7 Å². The number of hydrogen-bond acceptors (Lipinski definition) is 4. The fraction of sp³-hybridized carbons (Fsp3) is 0.692. The van der Waals surface area contributed by atoms with E-state index in [-0.39, 0.29) is 17.8 Å². The minimum absolute atomic E-state index is 0.129.